The van der Waals surface area contributed by atoms with Crippen LogP contribution < -0.4 is 16.0 Å². The van der Waals surface area contributed by atoms with Crippen molar-refractivity contribution in [1.82, 2.24) is 13.5 Å². The fraction of sp³-hybridized carbons (Fsp3) is 0.250. The van der Waals surface area contributed by atoms with E-state index in [9.17, 15) is 27.6 Å². The summed E-state index contributed by atoms with van der Waals surface area (Å²) in [5.41, 5.74) is -1.57. The zero-order chi connectivity index (χ0) is 26.2. The lowest BCUT2D eigenvalue weighted by atomic mass is 10.0. The van der Waals surface area contributed by atoms with Crippen LogP contribution in [-0.2, 0) is 22.8 Å². The van der Waals surface area contributed by atoms with Crippen LogP contribution in [-0.4, -0.2) is 32.7 Å². The van der Waals surface area contributed by atoms with Gasteiger partial charge in [-0.05, 0) is 55.7 Å². The minimum Gasteiger partial charge on any atom is -0.481 e. The van der Waals surface area contributed by atoms with Gasteiger partial charge in [0.25, 0.3) is 5.56 Å². The molecule has 0 aliphatic rings. The molecular weight excluding hydrogens is 499 g/mol. The molecule has 36 heavy (non-hydrogen) atoms. The van der Waals surface area contributed by atoms with Crippen LogP contribution in [0, 0.1) is 6.92 Å². The quantitative estimate of drug-likeness (QED) is 0.357. The third-order valence-corrected chi connectivity index (χ3v) is 6.19. The first-order chi connectivity index (χ1) is 17.0. The van der Waals surface area contributed by atoms with Gasteiger partial charge in [-0.2, -0.15) is 17.5 Å². The van der Waals surface area contributed by atoms with Crippen LogP contribution >= 0.6 is 11.5 Å². The number of hydrogen-bond donors (Lipinski definition) is 0. The van der Waals surface area contributed by atoms with E-state index in [2.05, 4.69) is 4.37 Å². The zero-order valence-corrected chi connectivity index (χ0v) is 20.2. The standard InChI is InChI=1S/C24H20F3N3O5S/c1-4-34-21(32)12-35-17-7-5-13(2)9-15(17)22-16-10-14(6-8-18(16)36-28-22)30-20(31)11-19(24(25,26)27)29(3)23(30)33/h5-11H,4,12H2,1-3H3. The van der Waals surface area contributed by atoms with Crippen molar-refractivity contribution in [3.63, 3.8) is 0 Å². The van der Waals surface area contributed by atoms with E-state index in [1.165, 1.54) is 12.1 Å². The number of ether oxygens (including phenoxy) is 2. The fourth-order valence-corrected chi connectivity index (χ4v) is 4.46. The van der Waals surface area contributed by atoms with Crippen LogP contribution in [0.1, 0.15) is 18.2 Å². The Balaban J connectivity index is 1.84. The van der Waals surface area contributed by atoms with E-state index in [1.54, 1.807) is 25.1 Å². The van der Waals surface area contributed by atoms with E-state index in [-0.39, 0.29) is 18.9 Å². The molecule has 0 unspecified atom stereocenters. The second-order valence-electron chi connectivity index (χ2n) is 7.85. The second-order valence-corrected chi connectivity index (χ2v) is 8.65. The van der Waals surface area contributed by atoms with Crippen molar-refractivity contribution in [1.29, 1.82) is 0 Å². The Kier molecular flexibility index (Phi) is 6.72. The summed E-state index contributed by atoms with van der Waals surface area (Å²) >= 11 is 1.16. The van der Waals surface area contributed by atoms with Gasteiger partial charge >= 0.3 is 17.8 Å². The van der Waals surface area contributed by atoms with Gasteiger partial charge < -0.3 is 9.47 Å². The lowest BCUT2D eigenvalue weighted by Gasteiger charge is -2.14. The van der Waals surface area contributed by atoms with E-state index >= 15 is 0 Å². The number of aryl methyl sites for hydroxylation is 1. The largest absolute Gasteiger partial charge is 0.481 e. The summed E-state index contributed by atoms with van der Waals surface area (Å²) in [6.07, 6.45) is -4.86. The Morgan fingerprint density at radius 2 is 1.86 bits per heavy atom. The average Bonchev–Trinajstić information content (AvgIpc) is 3.23. The predicted molar refractivity (Wildman–Crippen MR) is 128 cm³/mol. The number of halogens is 3. The third kappa shape index (κ3) is 4.76. The number of benzene rings is 2. The van der Waals surface area contributed by atoms with Crippen molar-refractivity contribution in [3.05, 3.63) is 74.6 Å². The number of aromatic nitrogens is 3. The average molecular weight is 520 g/mol. The van der Waals surface area contributed by atoms with Crippen molar-refractivity contribution >= 4 is 27.6 Å². The molecule has 8 nitrogen and oxygen atoms in total. The van der Waals surface area contributed by atoms with Crippen LogP contribution in [0.5, 0.6) is 5.75 Å². The number of alkyl halides is 3. The molecule has 0 amide bonds. The highest BCUT2D eigenvalue weighted by Crippen LogP contribution is 2.37. The first-order valence-electron chi connectivity index (χ1n) is 10.7. The van der Waals surface area contributed by atoms with Gasteiger partial charge in [-0.25, -0.2) is 14.2 Å². The Morgan fingerprint density at radius 3 is 2.56 bits per heavy atom. The zero-order valence-electron chi connectivity index (χ0n) is 19.4. The minimum atomic E-state index is -4.86. The highest BCUT2D eigenvalue weighted by atomic mass is 32.1. The lowest BCUT2D eigenvalue weighted by Crippen LogP contribution is -2.40. The highest BCUT2D eigenvalue weighted by molar-refractivity contribution is 7.13. The van der Waals surface area contributed by atoms with E-state index in [4.69, 9.17) is 9.47 Å². The molecule has 2 heterocycles. The summed E-state index contributed by atoms with van der Waals surface area (Å²) in [6.45, 7) is 3.45. The topological polar surface area (TPSA) is 92.4 Å². The summed E-state index contributed by atoms with van der Waals surface area (Å²) in [5.74, 6) is -0.166. The van der Waals surface area contributed by atoms with Crippen LogP contribution in [0.25, 0.3) is 27.0 Å². The Hall–Kier alpha value is -3.93. The predicted octanol–water partition coefficient (Wildman–Crippen LogP) is 4.08. The molecule has 0 bridgehead atoms. The molecule has 0 N–H and O–H groups in total. The van der Waals surface area contributed by atoms with Crippen LogP contribution in [0.3, 0.4) is 0 Å². The first kappa shape index (κ1) is 25.2. The highest BCUT2D eigenvalue weighted by Gasteiger charge is 2.35. The Morgan fingerprint density at radius 1 is 1.11 bits per heavy atom. The number of rotatable bonds is 6. The third-order valence-electron chi connectivity index (χ3n) is 5.36. The van der Waals surface area contributed by atoms with Crippen LogP contribution in [0.4, 0.5) is 13.2 Å². The molecule has 2 aromatic carbocycles. The van der Waals surface area contributed by atoms with E-state index in [0.29, 0.717) is 42.3 Å². The summed E-state index contributed by atoms with van der Waals surface area (Å²) in [6, 6.07) is 10.3. The monoisotopic (exact) mass is 519 g/mol. The van der Waals surface area contributed by atoms with E-state index in [0.717, 1.165) is 24.1 Å². The number of nitrogens with zero attached hydrogens (tertiary/aromatic N) is 3. The molecule has 0 spiro atoms. The van der Waals surface area contributed by atoms with Gasteiger partial charge in [-0.3, -0.25) is 9.36 Å². The molecule has 0 saturated heterocycles. The van der Waals surface area contributed by atoms with Crippen molar-refractivity contribution in [3.8, 4) is 22.7 Å². The molecule has 4 rings (SSSR count). The van der Waals surface area contributed by atoms with Crippen LogP contribution in [0.15, 0.2) is 52.1 Å². The maximum atomic E-state index is 13.2. The van der Waals surface area contributed by atoms with E-state index in [1.807, 2.05) is 13.0 Å². The maximum Gasteiger partial charge on any atom is 0.431 e. The van der Waals surface area contributed by atoms with Gasteiger partial charge in [-0.15, -0.1) is 0 Å². The number of carbonyl (C=O) groups is 1. The molecule has 12 heteroatoms. The molecule has 0 aliphatic heterocycles. The molecule has 0 saturated carbocycles. The Bertz CT molecular complexity index is 1590. The van der Waals surface area contributed by atoms with Gasteiger partial charge in [0.15, 0.2) is 6.61 Å². The molecule has 0 aliphatic carbocycles. The van der Waals surface area contributed by atoms with Gasteiger partial charge in [0.05, 0.1) is 22.7 Å². The molecule has 0 atom stereocenters. The second kappa shape index (κ2) is 9.61. The normalized spacial score (nSPS) is 11.6. The molecule has 0 fully saturated rings. The molecule has 2 aromatic heterocycles. The Labute approximate surface area is 206 Å². The summed E-state index contributed by atoms with van der Waals surface area (Å²) in [4.78, 5) is 37.1. The number of esters is 1. The SMILES string of the molecule is CCOC(=O)COc1ccc(C)cc1-c1nsc2ccc(-n3c(=O)cc(C(F)(F)F)n(C)c3=O)cc12. The van der Waals surface area contributed by atoms with E-state index < -0.39 is 29.1 Å². The first-order valence-corrected chi connectivity index (χ1v) is 11.5. The number of fused-ring (bicyclic) bond motifs is 1. The maximum absolute atomic E-state index is 13.2. The molecule has 4 aromatic rings. The van der Waals surface area contributed by atoms with Gasteiger partial charge in [0.2, 0.25) is 0 Å². The van der Waals surface area contributed by atoms with Gasteiger partial charge in [0.1, 0.15) is 11.4 Å². The van der Waals surface area contributed by atoms with Crippen molar-refractivity contribution < 1.29 is 27.4 Å². The summed E-state index contributed by atoms with van der Waals surface area (Å²) in [5, 5.41) is 0.554. The summed E-state index contributed by atoms with van der Waals surface area (Å²) in [7, 11) is 0.955. The van der Waals surface area contributed by atoms with Crippen LogP contribution in [0.2, 0.25) is 0 Å². The smallest absolute Gasteiger partial charge is 0.431 e. The van der Waals surface area contributed by atoms with Crippen molar-refractivity contribution in [2.75, 3.05) is 13.2 Å². The number of hydrogen-bond acceptors (Lipinski definition) is 7. The van der Waals surface area contributed by atoms with Gasteiger partial charge in [0, 0.05) is 24.1 Å². The number of carbonyl (C=O) groups excluding carboxylic acids is 1. The minimum absolute atomic E-state index is 0.0879. The molecule has 0 radical (unpaired) electrons. The lowest BCUT2D eigenvalue weighted by molar-refractivity contribution is -0.145. The fourth-order valence-electron chi connectivity index (χ4n) is 3.69. The van der Waals surface area contributed by atoms with Crippen molar-refractivity contribution in [2.45, 2.75) is 20.0 Å². The van der Waals surface area contributed by atoms with Crippen molar-refractivity contribution in [2.24, 2.45) is 7.05 Å². The van der Waals surface area contributed by atoms with Gasteiger partial charge in [-0.1, -0.05) is 11.6 Å². The summed E-state index contributed by atoms with van der Waals surface area (Å²) < 4.78 is 56.5. The molecular formula is C24H20F3N3O5S. The molecule has 188 valence electrons.